The van der Waals surface area contributed by atoms with Gasteiger partial charge in [0.25, 0.3) is 0 Å². The van der Waals surface area contributed by atoms with Crippen molar-refractivity contribution < 1.29 is 18.0 Å². The molecule has 8 heteroatoms. The number of rotatable bonds is 4. The molecule has 0 unspecified atom stereocenters. The molecule has 3 rings (SSSR count). The number of nitrogens with zero attached hydrogens (tertiary/aromatic N) is 2. The molecular weight excluding hydrogens is 411 g/mol. The van der Waals surface area contributed by atoms with Gasteiger partial charge in [0.1, 0.15) is 0 Å². The van der Waals surface area contributed by atoms with Crippen molar-refractivity contribution in [2.45, 2.75) is 12.6 Å². The molecule has 1 heterocycles. The molecule has 0 fully saturated rings. The van der Waals surface area contributed by atoms with Gasteiger partial charge in [0.15, 0.2) is 0 Å². The van der Waals surface area contributed by atoms with E-state index in [1.807, 2.05) is 30.3 Å². The summed E-state index contributed by atoms with van der Waals surface area (Å²) in [6.07, 6.45) is -1.24. The van der Waals surface area contributed by atoms with Crippen LogP contribution in [0.3, 0.4) is 0 Å². The van der Waals surface area contributed by atoms with Gasteiger partial charge in [-0.15, -0.1) is 0 Å². The van der Waals surface area contributed by atoms with Crippen LogP contribution < -0.4 is 5.32 Å². The summed E-state index contributed by atoms with van der Waals surface area (Å²) < 4.78 is 40.3. The zero-order chi connectivity index (χ0) is 18.7. The third-order valence-corrected chi connectivity index (χ3v) is 4.27. The lowest BCUT2D eigenvalue weighted by Crippen LogP contribution is -2.15. The molecule has 3 aromatic rings. The van der Waals surface area contributed by atoms with Gasteiger partial charge in [-0.25, -0.2) is 4.68 Å². The summed E-state index contributed by atoms with van der Waals surface area (Å²) >= 11 is 2.87. The lowest BCUT2D eigenvalue weighted by Gasteiger charge is -2.11. The van der Waals surface area contributed by atoms with E-state index in [9.17, 15) is 18.0 Å². The molecule has 0 aliphatic rings. The first-order valence-corrected chi connectivity index (χ1v) is 8.38. The summed E-state index contributed by atoms with van der Waals surface area (Å²) in [6, 6.07) is 12.9. The van der Waals surface area contributed by atoms with E-state index < -0.39 is 17.6 Å². The Labute approximate surface area is 155 Å². The van der Waals surface area contributed by atoms with Crippen molar-refractivity contribution in [2.24, 2.45) is 0 Å². The van der Waals surface area contributed by atoms with Crippen molar-refractivity contribution in [3.8, 4) is 5.69 Å². The van der Waals surface area contributed by atoms with Gasteiger partial charge < -0.3 is 5.32 Å². The van der Waals surface area contributed by atoms with Crippen molar-refractivity contribution in [2.75, 3.05) is 5.32 Å². The van der Waals surface area contributed by atoms with Crippen LogP contribution in [0.5, 0.6) is 0 Å². The lowest BCUT2D eigenvalue weighted by molar-refractivity contribution is -0.138. The molecule has 2 aromatic carbocycles. The molecule has 1 N–H and O–H groups in total. The van der Waals surface area contributed by atoms with Crippen molar-refractivity contribution in [3.05, 3.63) is 76.5 Å². The summed E-state index contributed by atoms with van der Waals surface area (Å²) in [6.45, 7) is 0. The summed E-state index contributed by atoms with van der Waals surface area (Å²) in [5.74, 6) is -0.423. The Morgan fingerprint density at radius 1 is 1.15 bits per heavy atom. The standard InChI is InChI=1S/C18H13BrF3N3O/c19-16-7-6-13(9-15(16)18(20,21)22)24-17(26)8-12-10-23-25(11-12)14-4-2-1-3-5-14/h1-7,9-11H,8H2,(H,24,26). The average Bonchev–Trinajstić information content (AvgIpc) is 3.05. The van der Waals surface area contributed by atoms with Gasteiger partial charge in [0.2, 0.25) is 5.91 Å². The van der Waals surface area contributed by atoms with Crippen LogP contribution in [0, 0.1) is 0 Å². The number of para-hydroxylation sites is 1. The van der Waals surface area contributed by atoms with Gasteiger partial charge in [-0.1, -0.05) is 34.1 Å². The minimum atomic E-state index is -4.50. The summed E-state index contributed by atoms with van der Waals surface area (Å²) in [5.41, 5.74) is 0.745. The lowest BCUT2D eigenvalue weighted by atomic mass is 10.2. The van der Waals surface area contributed by atoms with Crippen LogP contribution in [0.4, 0.5) is 18.9 Å². The number of halogens is 4. The maximum Gasteiger partial charge on any atom is 0.417 e. The van der Waals surface area contributed by atoms with Crippen LogP contribution in [0.25, 0.3) is 5.69 Å². The number of anilines is 1. The van der Waals surface area contributed by atoms with Crippen molar-refractivity contribution in [3.63, 3.8) is 0 Å². The minimum Gasteiger partial charge on any atom is -0.326 e. The molecule has 0 atom stereocenters. The molecule has 1 amide bonds. The summed E-state index contributed by atoms with van der Waals surface area (Å²) in [5, 5.41) is 6.67. The fourth-order valence-electron chi connectivity index (χ4n) is 2.38. The molecule has 0 bridgehead atoms. The summed E-state index contributed by atoms with van der Waals surface area (Å²) in [7, 11) is 0. The topological polar surface area (TPSA) is 46.9 Å². The smallest absolute Gasteiger partial charge is 0.326 e. The van der Waals surface area contributed by atoms with Gasteiger partial charge in [0, 0.05) is 16.4 Å². The quantitative estimate of drug-likeness (QED) is 0.652. The fraction of sp³-hybridized carbons (Fsp3) is 0.111. The van der Waals surface area contributed by atoms with Crippen molar-refractivity contribution >= 4 is 27.5 Å². The predicted octanol–water partition coefficient (Wildman–Crippen LogP) is 4.83. The van der Waals surface area contributed by atoms with E-state index in [1.165, 1.54) is 12.1 Å². The molecular formula is C18H13BrF3N3O. The predicted molar refractivity (Wildman–Crippen MR) is 95.0 cm³/mol. The minimum absolute atomic E-state index is 0.00421. The van der Waals surface area contributed by atoms with Crippen LogP contribution >= 0.6 is 15.9 Å². The van der Waals surface area contributed by atoms with Crippen LogP contribution in [-0.4, -0.2) is 15.7 Å². The molecule has 4 nitrogen and oxygen atoms in total. The monoisotopic (exact) mass is 423 g/mol. The molecule has 26 heavy (non-hydrogen) atoms. The molecule has 0 aliphatic carbocycles. The van der Waals surface area contributed by atoms with Crippen molar-refractivity contribution in [1.82, 2.24) is 9.78 Å². The number of amides is 1. The van der Waals surface area contributed by atoms with E-state index in [4.69, 9.17) is 0 Å². The Kier molecular flexibility index (Phi) is 5.13. The van der Waals surface area contributed by atoms with Crippen LogP contribution in [0.2, 0.25) is 0 Å². The molecule has 0 saturated heterocycles. The maximum absolute atomic E-state index is 12.9. The van der Waals surface area contributed by atoms with E-state index >= 15 is 0 Å². The first-order chi connectivity index (χ1) is 12.3. The van der Waals surface area contributed by atoms with Gasteiger partial charge in [-0.3, -0.25) is 4.79 Å². The number of carbonyl (C=O) groups excluding carboxylic acids is 1. The van der Waals surface area contributed by atoms with Gasteiger partial charge >= 0.3 is 6.18 Å². The fourth-order valence-corrected chi connectivity index (χ4v) is 2.86. The number of hydrogen-bond donors (Lipinski definition) is 1. The van der Waals surface area contributed by atoms with Crippen molar-refractivity contribution in [1.29, 1.82) is 0 Å². The number of hydrogen-bond acceptors (Lipinski definition) is 2. The Hall–Kier alpha value is -2.61. The highest BCUT2D eigenvalue weighted by molar-refractivity contribution is 9.10. The first-order valence-electron chi connectivity index (χ1n) is 7.58. The Balaban J connectivity index is 1.69. The molecule has 0 saturated carbocycles. The SMILES string of the molecule is O=C(Cc1cnn(-c2ccccc2)c1)Nc1ccc(Br)c(C(F)(F)F)c1. The van der Waals surface area contributed by atoms with Crippen LogP contribution in [0.1, 0.15) is 11.1 Å². The second-order valence-electron chi connectivity index (χ2n) is 5.55. The van der Waals surface area contributed by atoms with E-state index in [0.717, 1.165) is 11.8 Å². The number of aromatic nitrogens is 2. The first kappa shape index (κ1) is 18.2. The second-order valence-corrected chi connectivity index (χ2v) is 6.40. The Bertz CT molecular complexity index is 923. The van der Waals surface area contributed by atoms with E-state index in [2.05, 4.69) is 26.3 Å². The van der Waals surface area contributed by atoms with Gasteiger partial charge in [-0.2, -0.15) is 18.3 Å². The van der Waals surface area contributed by atoms with Crippen LogP contribution in [-0.2, 0) is 17.4 Å². The largest absolute Gasteiger partial charge is 0.417 e. The zero-order valence-electron chi connectivity index (χ0n) is 13.3. The number of alkyl halides is 3. The van der Waals surface area contributed by atoms with Gasteiger partial charge in [0.05, 0.1) is 23.9 Å². The van der Waals surface area contributed by atoms with E-state index in [0.29, 0.717) is 5.56 Å². The Morgan fingerprint density at radius 2 is 1.88 bits per heavy atom. The summed E-state index contributed by atoms with van der Waals surface area (Å²) in [4.78, 5) is 12.1. The van der Waals surface area contributed by atoms with E-state index in [-0.39, 0.29) is 16.6 Å². The zero-order valence-corrected chi connectivity index (χ0v) is 14.9. The highest BCUT2D eigenvalue weighted by Gasteiger charge is 2.33. The Morgan fingerprint density at radius 3 is 2.58 bits per heavy atom. The van der Waals surface area contributed by atoms with Crippen LogP contribution in [0.15, 0.2) is 65.4 Å². The molecule has 0 radical (unpaired) electrons. The maximum atomic E-state index is 12.9. The molecule has 0 aliphatic heterocycles. The normalized spacial score (nSPS) is 11.4. The highest BCUT2D eigenvalue weighted by Crippen LogP contribution is 2.36. The van der Waals surface area contributed by atoms with E-state index in [1.54, 1.807) is 17.1 Å². The molecule has 0 spiro atoms. The van der Waals surface area contributed by atoms with Gasteiger partial charge in [-0.05, 0) is 35.9 Å². The highest BCUT2D eigenvalue weighted by atomic mass is 79.9. The molecule has 134 valence electrons. The third-order valence-electron chi connectivity index (χ3n) is 3.58. The number of nitrogens with one attached hydrogen (secondary N) is 1. The molecule has 1 aromatic heterocycles. The third kappa shape index (κ3) is 4.32. The number of carbonyl (C=O) groups is 1. The average molecular weight is 424 g/mol. The number of benzene rings is 2. The second kappa shape index (κ2) is 7.33.